The minimum absolute atomic E-state index is 0.0456. The summed E-state index contributed by atoms with van der Waals surface area (Å²) in [6.45, 7) is 0. The van der Waals surface area contributed by atoms with E-state index in [1.807, 2.05) is 0 Å². The van der Waals surface area contributed by atoms with Crippen molar-refractivity contribution in [1.82, 2.24) is 0 Å². The predicted molar refractivity (Wildman–Crippen MR) is 44.6 cm³/mol. The van der Waals surface area contributed by atoms with Crippen LogP contribution in [0.2, 0.25) is 0 Å². The van der Waals surface area contributed by atoms with E-state index in [9.17, 15) is 9.59 Å². The fourth-order valence-electron chi connectivity index (χ4n) is 1.80. The van der Waals surface area contributed by atoms with E-state index in [0.717, 1.165) is 36.8 Å². The van der Waals surface area contributed by atoms with Gasteiger partial charge in [-0.15, -0.1) is 0 Å². The number of carbonyl (C=O) groups is 2. The van der Waals surface area contributed by atoms with Crippen molar-refractivity contribution in [3.05, 3.63) is 23.3 Å². The smallest absolute Gasteiger partial charge is 0.182 e. The minimum atomic E-state index is 0.0456. The lowest BCUT2D eigenvalue weighted by Gasteiger charge is -2.18. The van der Waals surface area contributed by atoms with Gasteiger partial charge in [0.2, 0.25) is 0 Å². The van der Waals surface area contributed by atoms with Crippen molar-refractivity contribution < 1.29 is 9.59 Å². The molecular weight excluding hydrogens is 152 g/mol. The molecule has 0 aromatic rings. The van der Waals surface area contributed by atoms with Crippen molar-refractivity contribution >= 4 is 11.6 Å². The molecule has 0 aromatic carbocycles. The maximum Gasteiger partial charge on any atom is 0.182 e. The molecule has 0 atom stereocenters. The second kappa shape index (κ2) is 2.70. The van der Waals surface area contributed by atoms with E-state index in [2.05, 4.69) is 0 Å². The molecule has 0 bridgehead atoms. The molecule has 0 radical (unpaired) electrons. The van der Waals surface area contributed by atoms with Crippen molar-refractivity contribution in [1.29, 1.82) is 0 Å². The highest BCUT2D eigenvalue weighted by Crippen LogP contribution is 2.28. The Balaban J connectivity index is 2.43. The van der Waals surface area contributed by atoms with E-state index in [4.69, 9.17) is 0 Å². The van der Waals surface area contributed by atoms with Crippen LogP contribution >= 0.6 is 0 Å². The van der Waals surface area contributed by atoms with Gasteiger partial charge in [0.15, 0.2) is 11.6 Å². The molecule has 0 aliphatic heterocycles. The molecule has 2 aliphatic rings. The first kappa shape index (κ1) is 7.47. The van der Waals surface area contributed by atoms with Crippen molar-refractivity contribution in [3.8, 4) is 0 Å². The van der Waals surface area contributed by atoms with Gasteiger partial charge >= 0.3 is 0 Å². The second-order valence-corrected chi connectivity index (χ2v) is 3.23. The highest BCUT2D eigenvalue weighted by Gasteiger charge is 2.24. The topological polar surface area (TPSA) is 34.1 Å². The Kier molecular flexibility index (Phi) is 1.68. The molecule has 0 saturated heterocycles. The highest BCUT2D eigenvalue weighted by molar-refractivity contribution is 6.20. The van der Waals surface area contributed by atoms with Crippen LogP contribution in [0, 0.1) is 0 Å². The van der Waals surface area contributed by atoms with Crippen LogP contribution in [0.3, 0.4) is 0 Å². The van der Waals surface area contributed by atoms with E-state index < -0.39 is 0 Å². The fraction of sp³-hybridized carbons (Fsp3) is 0.400. The number of hydrogen-bond acceptors (Lipinski definition) is 2. The molecule has 0 spiro atoms. The van der Waals surface area contributed by atoms with Gasteiger partial charge in [0.05, 0.1) is 0 Å². The van der Waals surface area contributed by atoms with Crippen LogP contribution in [0.15, 0.2) is 23.3 Å². The number of ketones is 2. The summed E-state index contributed by atoms with van der Waals surface area (Å²) in [5.41, 5.74) is 1.54. The van der Waals surface area contributed by atoms with Crippen LogP contribution in [0.1, 0.15) is 25.7 Å². The Labute approximate surface area is 71.0 Å². The molecule has 0 heterocycles. The first-order valence-corrected chi connectivity index (χ1v) is 4.28. The third-order valence-electron chi connectivity index (χ3n) is 2.45. The molecular formula is C10H10O2. The monoisotopic (exact) mass is 162 g/mol. The first-order valence-electron chi connectivity index (χ1n) is 4.28. The zero-order valence-corrected chi connectivity index (χ0v) is 6.80. The van der Waals surface area contributed by atoms with Crippen LogP contribution in [-0.2, 0) is 9.59 Å². The normalized spacial score (nSPS) is 23.0. The highest BCUT2D eigenvalue weighted by atomic mass is 16.1. The molecule has 12 heavy (non-hydrogen) atoms. The number of rotatable bonds is 0. The molecule has 0 aromatic heterocycles. The molecule has 2 aliphatic carbocycles. The average Bonchev–Trinajstić information content (AvgIpc) is 2.12. The molecule has 0 saturated carbocycles. The molecule has 0 fully saturated rings. The quantitative estimate of drug-likeness (QED) is 0.506. The lowest BCUT2D eigenvalue weighted by Crippen LogP contribution is -2.17. The van der Waals surface area contributed by atoms with E-state index >= 15 is 0 Å². The zero-order valence-electron chi connectivity index (χ0n) is 6.80. The van der Waals surface area contributed by atoms with Crippen LogP contribution in [0.4, 0.5) is 0 Å². The number of allylic oxidation sites excluding steroid dienone is 4. The SMILES string of the molecule is O=C1C=CC(=O)C2=C1CCCC2. The molecule has 2 rings (SSSR count). The van der Waals surface area contributed by atoms with Crippen LogP contribution < -0.4 is 0 Å². The summed E-state index contributed by atoms with van der Waals surface area (Å²) in [5.74, 6) is 0.0913. The summed E-state index contributed by atoms with van der Waals surface area (Å²) in [5, 5.41) is 0. The van der Waals surface area contributed by atoms with Crippen molar-refractivity contribution in [2.24, 2.45) is 0 Å². The molecule has 2 nitrogen and oxygen atoms in total. The van der Waals surface area contributed by atoms with Gasteiger partial charge in [-0.1, -0.05) is 0 Å². The van der Waals surface area contributed by atoms with E-state index in [1.165, 1.54) is 12.2 Å². The van der Waals surface area contributed by atoms with E-state index in [-0.39, 0.29) is 11.6 Å². The summed E-state index contributed by atoms with van der Waals surface area (Å²) >= 11 is 0. The van der Waals surface area contributed by atoms with E-state index in [1.54, 1.807) is 0 Å². The van der Waals surface area contributed by atoms with Crippen LogP contribution in [0.25, 0.3) is 0 Å². The van der Waals surface area contributed by atoms with Gasteiger partial charge in [0, 0.05) is 11.1 Å². The second-order valence-electron chi connectivity index (χ2n) is 3.23. The average molecular weight is 162 g/mol. The molecule has 0 N–H and O–H groups in total. The lowest BCUT2D eigenvalue weighted by atomic mass is 9.84. The lowest BCUT2D eigenvalue weighted by molar-refractivity contribution is -0.115. The van der Waals surface area contributed by atoms with Gasteiger partial charge in [-0.25, -0.2) is 0 Å². The molecule has 2 heteroatoms. The van der Waals surface area contributed by atoms with Crippen LogP contribution in [0.5, 0.6) is 0 Å². The zero-order chi connectivity index (χ0) is 8.55. The van der Waals surface area contributed by atoms with Gasteiger partial charge < -0.3 is 0 Å². The largest absolute Gasteiger partial charge is 0.290 e. The Hall–Kier alpha value is -1.18. The minimum Gasteiger partial charge on any atom is -0.290 e. The van der Waals surface area contributed by atoms with Crippen molar-refractivity contribution in [2.45, 2.75) is 25.7 Å². The Bertz CT molecular complexity index is 278. The Morgan fingerprint density at radius 2 is 1.25 bits per heavy atom. The van der Waals surface area contributed by atoms with Gasteiger partial charge in [0.25, 0.3) is 0 Å². The van der Waals surface area contributed by atoms with Gasteiger partial charge in [-0.3, -0.25) is 9.59 Å². The van der Waals surface area contributed by atoms with Crippen molar-refractivity contribution in [3.63, 3.8) is 0 Å². The number of hydrogen-bond donors (Lipinski definition) is 0. The summed E-state index contributed by atoms with van der Waals surface area (Å²) in [6.07, 6.45) is 6.48. The molecule has 62 valence electrons. The standard InChI is InChI=1S/C10H10O2/c11-9-5-6-10(12)8-4-2-1-3-7(8)9/h5-6H,1-4H2. The Morgan fingerprint density at radius 3 is 1.67 bits per heavy atom. The van der Waals surface area contributed by atoms with Crippen LogP contribution in [-0.4, -0.2) is 11.6 Å². The van der Waals surface area contributed by atoms with Gasteiger partial charge in [-0.05, 0) is 37.8 Å². The Morgan fingerprint density at radius 1 is 0.833 bits per heavy atom. The molecule has 0 unspecified atom stereocenters. The fourth-order valence-corrected chi connectivity index (χ4v) is 1.80. The predicted octanol–water partition coefficient (Wildman–Crippen LogP) is 1.56. The third-order valence-corrected chi connectivity index (χ3v) is 2.45. The maximum atomic E-state index is 11.3. The summed E-state index contributed by atoms with van der Waals surface area (Å²) in [7, 11) is 0. The van der Waals surface area contributed by atoms with Gasteiger partial charge in [0.1, 0.15) is 0 Å². The molecule has 0 amide bonds. The summed E-state index contributed by atoms with van der Waals surface area (Å²) < 4.78 is 0. The third kappa shape index (κ3) is 1.04. The summed E-state index contributed by atoms with van der Waals surface area (Å²) in [6, 6.07) is 0. The van der Waals surface area contributed by atoms with Crippen molar-refractivity contribution in [2.75, 3.05) is 0 Å². The number of carbonyl (C=O) groups excluding carboxylic acids is 2. The first-order chi connectivity index (χ1) is 5.79. The van der Waals surface area contributed by atoms with Gasteiger partial charge in [-0.2, -0.15) is 0 Å². The summed E-state index contributed by atoms with van der Waals surface area (Å²) in [4.78, 5) is 22.6. The van der Waals surface area contributed by atoms with E-state index in [0.29, 0.717) is 0 Å². The maximum absolute atomic E-state index is 11.3.